The molecule has 0 aliphatic rings. The molecule has 0 aromatic rings. The van der Waals surface area contributed by atoms with Crippen LogP contribution in [0.25, 0.3) is 0 Å². The van der Waals surface area contributed by atoms with Crippen molar-refractivity contribution in [3.05, 3.63) is 0 Å². The minimum absolute atomic E-state index is 0.0969. The van der Waals surface area contributed by atoms with Gasteiger partial charge in [0.1, 0.15) is 6.61 Å². The summed E-state index contributed by atoms with van der Waals surface area (Å²) < 4.78 is 17.3. The van der Waals surface area contributed by atoms with Gasteiger partial charge in [0.05, 0.1) is 6.61 Å². The van der Waals surface area contributed by atoms with Gasteiger partial charge in [-0.05, 0) is 19.3 Å². The average molecular weight is 737 g/mol. The molecule has 0 aliphatic carbocycles. The quantitative estimate of drug-likeness (QED) is 0.0460. The van der Waals surface area contributed by atoms with Crippen LogP contribution in [0.1, 0.15) is 265 Å². The van der Waals surface area contributed by atoms with Gasteiger partial charge < -0.3 is 14.2 Å². The number of esters is 2. The number of hydrogen-bond acceptors (Lipinski definition) is 5. The SMILES string of the molecule is CCCCCCCCCCCCCCCC(=O)OCC(COCCCCCCCCCCCCCC)OC(=O)CCCCCCCCCCCCC. The van der Waals surface area contributed by atoms with E-state index in [9.17, 15) is 9.59 Å². The van der Waals surface area contributed by atoms with Gasteiger partial charge in [0.25, 0.3) is 0 Å². The van der Waals surface area contributed by atoms with E-state index < -0.39 is 6.10 Å². The fourth-order valence-corrected chi connectivity index (χ4v) is 7.10. The second kappa shape index (κ2) is 44.3. The molecule has 5 heteroatoms. The minimum atomic E-state index is -0.520. The summed E-state index contributed by atoms with van der Waals surface area (Å²) >= 11 is 0. The molecule has 0 aromatic heterocycles. The predicted molar refractivity (Wildman–Crippen MR) is 224 cm³/mol. The highest BCUT2D eigenvalue weighted by molar-refractivity contribution is 5.70. The molecule has 0 N–H and O–H groups in total. The first-order chi connectivity index (χ1) is 25.6. The molecule has 0 bridgehead atoms. The third kappa shape index (κ3) is 41.7. The van der Waals surface area contributed by atoms with E-state index in [1.54, 1.807) is 0 Å². The van der Waals surface area contributed by atoms with E-state index in [-0.39, 0.29) is 18.5 Å². The molecule has 52 heavy (non-hydrogen) atoms. The van der Waals surface area contributed by atoms with E-state index in [0.29, 0.717) is 26.1 Å². The van der Waals surface area contributed by atoms with Crippen LogP contribution in [-0.2, 0) is 23.8 Å². The molecular formula is C47H92O5. The maximum absolute atomic E-state index is 12.7. The lowest BCUT2D eigenvalue weighted by atomic mass is 10.0. The van der Waals surface area contributed by atoms with Gasteiger partial charge >= 0.3 is 11.9 Å². The zero-order valence-electron chi connectivity index (χ0n) is 35.6. The van der Waals surface area contributed by atoms with Gasteiger partial charge in [-0.2, -0.15) is 0 Å². The van der Waals surface area contributed by atoms with Crippen LogP contribution in [0.3, 0.4) is 0 Å². The molecule has 0 rings (SSSR count). The second-order valence-electron chi connectivity index (χ2n) is 16.0. The van der Waals surface area contributed by atoms with Gasteiger partial charge in [0.2, 0.25) is 0 Å². The number of ether oxygens (including phenoxy) is 3. The summed E-state index contributed by atoms with van der Waals surface area (Å²) in [6, 6.07) is 0. The third-order valence-corrected chi connectivity index (χ3v) is 10.6. The Bertz CT molecular complexity index is 710. The van der Waals surface area contributed by atoms with Crippen molar-refractivity contribution >= 4 is 11.9 Å². The molecule has 0 spiro atoms. The Balaban J connectivity index is 4.18. The minimum Gasteiger partial charge on any atom is -0.462 e. The monoisotopic (exact) mass is 737 g/mol. The van der Waals surface area contributed by atoms with E-state index in [1.807, 2.05) is 0 Å². The van der Waals surface area contributed by atoms with E-state index in [0.717, 1.165) is 32.1 Å². The van der Waals surface area contributed by atoms with Crippen LogP contribution in [0.15, 0.2) is 0 Å². The summed E-state index contributed by atoms with van der Waals surface area (Å²) in [6.07, 6.45) is 46.6. The third-order valence-electron chi connectivity index (χ3n) is 10.6. The number of carbonyl (C=O) groups is 2. The molecule has 0 heterocycles. The molecule has 5 nitrogen and oxygen atoms in total. The molecule has 0 saturated heterocycles. The molecule has 0 aliphatic heterocycles. The Morgan fingerprint density at radius 1 is 0.346 bits per heavy atom. The molecule has 0 saturated carbocycles. The Labute approximate surface area is 325 Å². The Hall–Kier alpha value is -1.10. The summed E-state index contributed by atoms with van der Waals surface area (Å²) in [5.41, 5.74) is 0. The van der Waals surface area contributed by atoms with Crippen LogP contribution in [-0.4, -0.2) is 37.9 Å². The summed E-state index contributed by atoms with van der Waals surface area (Å²) in [5, 5.41) is 0. The maximum Gasteiger partial charge on any atom is 0.306 e. The number of rotatable bonds is 44. The van der Waals surface area contributed by atoms with Crippen molar-refractivity contribution in [2.45, 2.75) is 271 Å². The first-order valence-electron chi connectivity index (χ1n) is 23.6. The largest absolute Gasteiger partial charge is 0.462 e. The van der Waals surface area contributed by atoms with Gasteiger partial charge in [0, 0.05) is 19.4 Å². The Morgan fingerprint density at radius 2 is 0.635 bits per heavy atom. The molecule has 1 unspecified atom stereocenters. The average Bonchev–Trinajstić information content (AvgIpc) is 3.14. The highest BCUT2D eigenvalue weighted by Gasteiger charge is 2.17. The molecular weight excluding hydrogens is 645 g/mol. The van der Waals surface area contributed by atoms with Crippen LogP contribution in [0.4, 0.5) is 0 Å². The van der Waals surface area contributed by atoms with Crippen LogP contribution in [0, 0.1) is 0 Å². The fourth-order valence-electron chi connectivity index (χ4n) is 7.10. The number of hydrogen-bond donors (Lipinski definition) is 0. The van der Waals surface area contributed by atoms with Crippen molar-refractivity contribution in [1.29, 1.82) is 0 Å². The Morgan fingerprint density at radius 3 is 0.981 bits per heavy atom. The summed E-state index contributed by atoms with van der Waals surface area (Å²) in [5.74, 6) is -0.377. The van der Waals surface area contributed by atoms with Crippen molar-refractivity contribution in [1.82, 2.24) is 0 Å². The summed E-state index contributed by atoms with van der Waals surface area (Å²) in [7, 11) is 0. The Kier molecular flexibility index (Phi) is 43.4. The van der Waals surface area contributed by atoms with Gasteiger partial charge in [-0.15, -0.1) is 0 Å². The highest BCUT2D eigenvalue weighted by Crippen LogP contribution is 2.16. The second-order valence-corrected chi connectivity index (χ2v) is 16.0. The number of carbonyl (C=O) groups excluding carboxylic acids is 2. The van der Waals surface area contributed by atoms with Crippen molar-refractivity contribution in [3.63, 3.8) is 0 Å². The molecule has 0 radical (unpaired) electrons. The molecule has 1 atom stereocenters. The summed E-state index contributed by atoms with van der Waals surface area (Å²) in [6.45, 7) is 7.88. The first-order valence-corrected chi connectivity index (χ1v) is 23.6. The zero-order chi connectivity index (χ0) is 37.8. The van der Waals surface area contributed by atoms with Crippen molar-refractivity contribution in [3.8, 4) is 0 Å². The maximum atomic E-state index is 12.7. The van der Waals surface area contributed by atoms with E-state index in [4.69, 9.17) is 14.2 Å². The fraction of sp³-hybridized carbons (Fsp3) is 0.957. The zero-order valence-corrected chi connectivity index (χ0v) is 35.6. The lowest BCUT2D eigenvalue weighted by Gasteiger charge is -2.18. The topological polar surface area (TPSA) is 61.8 Å². The van der Waals surface area contributed by atoms with Gasteiger partial charge in [-0.25, -0.2) is 0 Å². The van der Waals surface area contributed by atoms with Crippen LogP contribution < -0.4 is 0 Å². The molecule has 0 aromatic carbocycles. The van der Waals surface area contributed by atoms with E-state index in [1.165, 1.54) is 199 Å². The van der Waals surface area contributed by atoms with Crippen LogP contribution >= 0.6 is 0 Å². The van der Waals surface area contributed by atoms with Crippen molar-refractivity contribution in [2.24, 2.45) is 0 Å². The summed E-state index contributed by atoms with van der Waals surface area (Å²) in [4.78, 5) is 25.2. The standard InChI is InChI=1S/C47H92O5/c1-4-7-10-13-16-19-22-24-26-28-31-34-37-40-46(48)51-44-45(43-50-42-39-36-33-30-27-23-20-17-14-11-8-5-2)52-47(49)41-38-35-32-29-25-21-18-15-12-9-6-3/h45H,4-44H2,1-3H3. The van der Waals surface area contributed by atoms with Crippen molar-refractivity contribution < 1.29 is 23.8 Å². The van der Waals surface area contributed by atoms with Crippen LogP contribution in [0.2, 0.25) is 0 Å². The predicted octanol–water partition coefficient (Wildman–Crippen LogP) is 15.3. The van der Waals surface area contributed by atoms with Gasteiger partial charge in [-0.1, -0.05) is 233 Å². The highest BCUT2D eigenvalue weighted by atomic mass is 16.6. The first kappa shape index (κ1) is 50.9. The van der Waals surface area contributed by atoms with Crippen LogP contribution in [0.5, 0.6) is 0 Å². The molecule has 0 fully saturated rings. The lowest BCUT2D eigenvalue weighted by Crippen LogP contribution is -2.30. The smallest absolute Gasteiger partial charge is 0.306 e. The molecule has 310 valence electrons. The molecule has 0 amide bonds. The number of unbranched alkanes of at least 4 members (excludes halogenated alkanes) is 33. The normalized spacial score (nSPS) is 12.0. The lowest BCUT2D eigenvalue weighted by molar-refractivity contribution is -0.163. The van der Waals surface area contributed by atoms with E-state index >= 15 is 0 Å². The van der Waals surface area contributed by atoms with E-state index in [2.05, 4.69) is 20.8 Å². The van der Waals surface area contributed by atoms with Gasteiger partial charge in [-0.3, -0.25) is 9.59 Å². The van der Waals surface area contributed by atoms with Gasteiger partial charge in [0.15, 0.2) is 6.10 Å². The van der Waals surface area contributed by atoms with Crippen molar-refractivity contribution in [2.75, 3.05) is 19.8 Å².